The van der Waals surface area contributed by atoms with Crippen LogP contribution in [0.4, 0.5) is 8.78 Å². The number of alkyl halides is 2. The Bertz CT molecular complexity index is 402. The van der Waals surface area contributed by atoms with Gasteiger partial charge in [-0.3, -0.25) is 4.79 Å². The summed E-state index contributed by atoms with van der Waals surface area (Å²) in [4.78, 5) is 11.9. The summed E-state index contributed by atoms with van der Waals surface area (Å²) in [5.41, 5.74) is 6.00. The molecule has 1 rings (SSSR count). The van der Waals surface area contributed by atoms with Crippen LogP contribution in [0.1, 0.15) is 47.5 Å². The van der Waals surface area contributed by atoms with Crippen LogP contribution in [0.2, 0.25) is 0 Å². The lowest BCUT2D eigenvalue weighted by atomic mass is 9.83. The first-order chi connectivity index (χ1) is 12.7. The normalized spacial score (nSPS) is 28.8. The van der Waals surface area contributed by atoms with Crippen molar-refractivity contribution in [1.82, 2.24) is 5.32 Å². The van der Waals surface area contributed by atoms with E-state index in [0.717, 1.165) is 0 Å². The quantitative estimate of drug-likeness (QED) is 0.601. The van der Waals surface area contributed by atoms with Crippen LogP contribution in [0.25, 0.3) is 0 Å². The predicted octanol–water partition coefficient (Wildman–Crippen LogP) is 1.71. The second-order valence-electron chi connectivity index (χ2n) is 5.63. The summed E-state index contributed by atoms with van der Waals surface area (Å²) in [6.07, 6.45) is -4.51. The van der Waals surface area contributed by atoms with E-state index in [1.54, 1.807) is 0 Å². The van der Waals surface area contributed by atoms with Gasteiger partial charge in [-0.15, -0.1) is 0 Å². The van der Waals surface area contributed by atoms with Gasteiger partial charge in [0.05, 0.1) is 6.04 Å². The maximum absolute atomic E-state index is 13.5. The van der Waals surface area contributed by atoms with E-state index < -0.39 is 54.8 Å². The van der Waals surface area contributed by atoms with Gasteiger partial charge in [-0.05, 0) is 6.42 Å². The zero-order valence-corrected chi connectivity index (χ0v) is 17.8. The molecule has 0 saturated heterocycles. The molecule has 1 aliphatic rings. The number of ether oxygens (including phenoxy) is 3. The number of amides is 1. The highest BCUT2D eigenvalue weighted by atomic mass is 19.3. The lowest BCUT2D eigenvalue weighted by molar-refractivity contribution is -0.164. The van der Waals surface area contributed by atoms with Crippen molar-refractivity contribution in [3.8, 4) is 0 Å². The van der Waals surface area contributed by atoms with Crippen molar-refractivity contribution >= 4 is 5.91 Å². The molecule has 0 radical (unpaired) electrons. The first-order valence-electron chi connectivity index (χ1n) is 9.43. The van der Waals surface area contributed by atoms with Crippen LogP contribution in [0.15, 0.2) is 0 Å². The van der Waals surface area contributed by atoms with Crippen molar-refractivity contribution < 1.29 is 32.9 Å². The highest BCUT2D eigenvalue weighted by Gasteiger charge is 2.47. The number of aliphatic hydroxyl groups is 1. The van der Waals surface area contributed by atoms with E-state index in [9.17, 15) is 18.7 Å². The number of hydrogen-bond acceptors (Lipinski definition) is 6. The molecule has 0 bridgehead atoms. The average Bonchev–Trinajstić information content (AvgIpc) is 2.69. The molecule has 4 N–H and O–H groups in total. The molecular weight excluding hydrogens is 362 g/mol. The van der Waals surface area contributed by atoms with E-state index in [2.05, 4.69) is 5.32 Å². The lowest BCUT2D eigenvalue weighted by Gasteiger charge is -2.44. The minimum absolute atomic E-state index is 0.243. The second kappa shape index (κ2) is 14.2. The first kappa shape index (κ1) is 28.3. The summed E-state index contributed by atoms with van der Waals surface area (Å²) < 4.78 is 42.9. The average molecular weight is 401 g/mol. The van der Waals surface area contributed by atoms with Gasteiger partial charge >= 0.3 is 0 Å². The molecule has 9 heteroatoms. The van der Waals surface area contributed by atoms with Gasteiger partial charge in [-0.25, -0.2) is 8.78 Å². The molecule has 164 valence electrons. The van der Waals surface area contributed by atoms with Gasteiger partial charge in [0.2, 0.25) is 0 Å². The molecule has 0 aromatic rings. The number of nitrogens with two attached hydrogens (primary N) is 1. The number of nitrogens with one attached hydrogen (secondary N) is 1. The van der Waals surface area contributed by atoms with Crippen molar-refractivity contribution in [2.75, 3.05) is 21.3 Å². The molecule has 1 saturated carbocycles. The van der Waals surface area contributed by atoms with Crippen LogP contribution in [-0.2, 0) is 19.0 Å². The van der Waals surface area contributed by atoms with Gasteiger partial charge in [-0.1, -0.05) is 34.6 Å². The summed E-state index contributed by atoms with van der Waals surface area (Å²) in [6, 6.07) is -1.16. The molecular formula is C18H38F2N2O5. The zero-order chi connectivity index (χ0) is 21.8. The van der Waals surface area contributed by atoms with Gasteiger partial charge in [-0.2, -0.15) is 0 Å². The molecule has 0 aromatic heterocycles. The molecule has 27 heavy (non-hydrogen) atoms. The molecule has 0 aliphatic heterocycles. The van der Waals surface area contributed by atoms with Gasteiger partial charge < -0.3 is 30.4 Å². The lowest BCUT2D eigenvalue weighted by Crippen LogP contribution is -2.65. The van der Waals surface area contributed by atoms with Crippen LogP contribution in [0, 0.1) is 0 Å². The summed E-state index contributed by atoms with van der Waals surface area (Å²) in [5, 5.41) is 11.9. The summed E-state index contributed by atoms with van der Waals surface area (Å²) >= 11 is 0. The Morgan fingerprint density at radius 1 is 1.11 bits per heavy atom. The molecule has 0 aromatic carbocycles. The molecule has 1 fully saturated rings. The Hall–Kier alpha value is -0.870. The summed E-state index contributed by atoms with van der Waals surface area (Å²) in [6.45, 7) is 9.19. The Morgan fingerprint density at radius 2 is 1.56 bits per heavy atom. The zero-order valence-electron chi connectivity index (χ0n) is 17.8. The molecule has 1 aliphatic carbocycles. The highest BCUT2D eigenvalue weighted by molar-refractivity contribution is 5.82. The van der Waals surface area contributed by atoms with E-state index in [0.29, 0.717) is 0 Å². The third kappa shape index (κ3) is 7.57. The van der Waals surface area contributed by atoms with Gasteiger partial charge in [0.15, 0.2) is 6.10 Å². The van der Waals surface area contributed by atoms with Gasteiger partial charge in [0.25, 0.3) is 11.8 Å². The van der Waals surface area contributed by atoms with Crippen molar-refractivity contribution in [2.24, 2.45) is 5.73 Å². The second-order valence-corrected chi connectivity index (χ2v) is 5.63. The van der Waals surface area contributed by atoms with E-state index in [1.165, 1.54) is 28.3 Å². The van der Waals surface area contributed by atoms with E-state index in [1.807, 2.05) is 27.7 Å². The number of carbonyl (C=O) groups is 1. The van der Waals surface area contributed by atoms with E-state index in [-0.39, 0.29) is 6.42 Å². The summed E-state index contributed by atoms with van der Waals surface area (Å²) in [5.74, 6) is -4.67. The van der Waals surface area contributed by atoms with E-state index in [4.69, 9.17) is 19.9 Å². The van der Waals surface area contributed by atoms with Gasteiger partial charge in [0.1, 0.15) is 18.3 Å². The minimum atomic E-state index is -3.50. The molecule has 0 spiro atoms. The topological polar surface area (TPSA) is 103 Å². The third-order valence-electron chi connectivity index (χ3n) is 4.26. The Labute approximate surface area is 161 Å². The number of methoxy groups -OCH3 is 3. The molecule has 6 atom stereocenters. The van der Waals surface area contributed by atoms with E-state index >= 15 is 0 Å². The SMILES string of the molecule is CC.CC.CCC(F)(F)C(O)C(=O)N[C@@H]1C[C@H](N)[C@@H](OC)[C@H](OC)C1OC. The van der Waals surface area contributed by atoms with Crippen molar-refractivity contribution in [3.63, 3.8) is 0 Å². The maximum Gasteiger partial charge on any atom is 0.282 e. The van der Waals surface area contributed by atoms with Crippen molar-refractivity contribution in [3.05, 3.63) is 0 Å². The van der Waals surface area contributed by atoms with Crippen LogP contribution < -0.4 is 11.1 Å². The number of halogens is 2. The fraction of sp³-hybridized carbons (Fsp3) is 0.944. The van der Waals surface area contributed by atoms with Crippen molar-refractivity contribution in [1.29, 1.82) is 0 Å². The number of rotatable bonds is 7. The fourth-order valence-electron chi connectivity index (χ4n) is 2.88. The van der Waals surface area contributed by atoms with Gasteiger partial charge in [0, 0.05) is 33.8 Å². The van der Waals surface area contributed by atoms with Crippen LogP contribution in [-0.4, -0.2) is 74.8 Å². The van der Waals surface area contributed by atoms with Crippen LogP contribution in [0.5, 0.6) is 0 Å². The smallest absolute Gasteiger partial charge is 0.282 e. The minimum Gasteiger partial charge on any atom is -0.378 e. The molecule has 0 heterocycles. The van der Waals surface area contributed by atoms with Crippen LogP contribution >= 0.6 is 0 Å². The number of hydrogen-bond donors (Lipinski definition) is 3. The Balaban J connectivity index is 0. The maximum atomic E-state index is 13.5. The monoisotopic (exact) mass is 400 g/mol. The third-order valence-corrected chi connectivity index (χ3v) is 4.26. The Kier molecular flexibility index (Phi) is 14.9. The number of aliphatic hydroxyl groups excluding tert-OH is 1. The first-order valence-corrected chi connectivity index (χ1v) is 9.43. The molecule has 1 amide bonds. The standard InChI is InChI=1S/C14H26F2N2O5.2C2H6/c1-5-14(15,16)12(19)13(20)18-8-6-7(17)9(21-2)11(23-4)10(8)22-3;2*1-2/h7-12,19H,5-6,17H2,1-4H3,(H,18,20);2*1-2H3/t7-,8+,9+,10?,11-,12?;;/m0../s1. The highest BCUT2D eigenvalue weighted by Crippen LogP contribution is 2.27. The molecule has 7 nitrogen and oxygen atoms in total. The van der Waals surface area contributed by atoms with Crippen molar-refractivity contribution in [2.45, 2.75) is 89.9 Å². The Morgan fingerprint density at radius 3 is 1.93 bits per heavy atom. The largest absolute Gasteiger partial charge is 0.378 e. The summed E-state index contributed by atoms with van der Waals surface area (Å²) in [7, 11) is 4.34. The molecule has 2 unspecified atom stereocenters. The number of carbonyl (C=O) groups excluding carboxylic acids is 1. The van der Waals surface area contributed by atoms with Crippen LogP contribution in [0.3, 0.4) is 0 Å². The predicted molar refractivity (Wildman–Crippen MR) is 101 cm³/mol. The fourth-order valence-corrected chi connectivity index (χ4v) is 2.88.